The first kappa shape index (κ1) is 29.5. The smallest absolute Gasteiger partial charge is 0.407 e. The maximum atomic E-state index is 13.5. The first-order chi connectivity index (χ1) is 20.1. The summed E-state index contributed by atoms with van der Waals surface area (Å²) in [5.74, 6) is 0.711. The molecule has 1 atom stereocenters. The molecule has 42 heavy (non-hydrogen) atoms. The highest BCUT2D eigenvalue weighted by atomic mass is 32.2. The van der Waals surface area contributed by atoms with E-state index in [0.717, 1.165) is 39.3 Å². The molecule has 0 fully saturated rings. The molecule has 1 aromatic heterocycles. The molecule has 1 aliphatic rings. The molecule has 0 aliphatic heterocycles. The average Bonchev–Trinajstić information content (AvgIpc) is 3.55. The van der Waals surface area contributed by atoms with Crippen molar-refractivity contribution < 1.29 is 23.1 Å². The van der Waals surface area contributed by atoms with Crippen molar-refractivity contribution in [2.75, 3.05) is 26.2 Å². The fourth-order valence-corrected chi connectivity index (χ4v) is 6.99. The molecule has 0 saturated carbocycles. The number of rotatable bonds is 11. The molecule has 5 rings (SSSR count). The van der Waals surface area contributed by atoms with E-state index in [1.165, 1.54) is 4.31 Å². The molecule has 0 radical (unpaired) electrons. The van der Waals surface area contributed by atoms with E-state index >= 15 is 0 Å². The SMILES string of the molecule is Cc1ncc(-c2ccc(S(=O)(=O)N(CC(C)C)C[C@@H](O)CNC(=O)OCC3c4ccccc4-c4ccccc43)cc2)[nH]1. The summed E-state index contributed by atoms with van der Waals surface area (Å²) in [6, 6.07) is 22.7. The van der Waals surface area contributed by atoms with Crippen molar-refractivity contribution in [2.24, 2.45) is 5.92 Å². The van der Waals surface area contributed by atoms with Gasteiger partial charge in [0.1, 0.15) is 12.4 Å². The largest absolute Gasteiger partial charge is 0.449 e. The Hall–Kier alpha value is -3.99. The number of hydrogen-bond donors (Lipinski definition) is 3. The quantitative estimate of drug-likeness (QED) is 0.228. The number of amides is 1. The van der Waals surface area contributed by atoms with Gasteiger partial charge in [-0.25, -0.2) is 18.2 Å². The number of benzene rings is 3. The summed E-state index contributed by atoms with van der Waals surface area (Å²) in [6.07, 6.45) is -0.103. The number of imidazole rings is 1. The van der Waals surface area contributed by atoms with Crippen LogP contribution in [0.2, 0.25) is 0 Å². The summed E-state index contributed by atoms with van der Waals surface area (Å²) in [5.41, 5.74) is 6.09. The number of aryl methyl sites for hydroxylation is 1. The fourth-order valence-electron chi connectivity index (χ4n) is 5.35. The number of aliphatic hydroxyl groups excluding tert-OH is 1. The van der Waals surface area contributed by atoms with Crippen LogP contribution >= 0.6 is 0 Å². The van der Waals surface area contributed by atoms with Gasteiger partial charge in [0, 0.05) is 25.6 Å². The lowest BCUT2D eigenvalue weighted by Gasteiger charge is -2.26. The van der Waals surface area contributed by atoms with Crippen molar-refractivity contribution >= 4 is 16.1 Å². The van der Waals surface area contributed by atoms with Crippen LogP contribution in [0.5, 0.6) is 0 Å². The molecular weight excluding hydrogens is 552 g/mol. The van der Waals surface area contributed by atoms with E-state index in [1.807, 2.05) is 57.2 Å². The lowest BCUT2D eigenvalue weighted by Crippen LogP contribution is -2.44. The minimum atomic E-state index is -3.90. The van der Waals surface area contributed by atoms with Gasteiger partial charge < -0.3 is 20.1 Å². The summed E-state index contributed by atoms with van der Waals surface area (Å²) >= 11 is 0. The third kappa shape index (κ3) is 6.41. The Balaban J connectivity index is 1.18. The predicted molar refractivity (Wildman–Crippen MR) is 161 cm³/mol. The first-order valence-corrected chi connectivity index (χ1v) is 15.5. The number of fused-ring (bicyclic) bond motifs is 3. The van der Waals surface area contributed by atoms with Crippen LogP contribution in [-0.2, 0) is 14.8 Å². The fraction of sp³-hybridized carbons (Fsp3) is 0.312. The van der Waals surface area contributed by atoms with Gasteiger partial charge in [0.15, 0.2) is 0 Å². The second kappa shape index (κ2) is 12.5. The maximum Gasteiger partial charge on any atom is 0.407 e. The molecule has 0 spiro atoms. The lowest BCUT2D eigenvalue weighted by molar-refractivity contribution is 0.118. The number of ether oxygens (including phenoxy) is 1. The second-order valence-corrected chi connectivity index (χ2v) is 12.9. The summed E-state index contributed by atoms with van der Waals surface area (Å²) in [5, 5.41) is 13.3. The predicted octanol–water partition coefficient (Wildman–Crippen LogP) is 4.93. The van der Waals surface area contributed by atoms with Gasteiger partial charge in [-0.3, -0.25) is 0 Å². The molecule has 1 aliphatic carbocycles. The number of carbonyl (C=O) groups excluding carboxylic acids is 1. The van der Waals surface area contributed by atoms with E-state index in [0.29, 0.717) is 0 Å². The van der Waals surface area contributed by atoms with E-state index in [2.05, 4.69) is 27.4 Å². The van der Waals surface area contributed by atoms with Crippen LogP contribution in [0.1, 0.15) is 36.7 Å². The van der Waals surface area contributed by atoms with Gasteiger partial charge in [-0.15, -0.1) is 0 Å². The van der Waals surface area contributed by atoms with E-state index in [9.17, 15) is 18.3 Å². The number of sulfonamides is 1. The van der Waals surface area contributed by atoms with Crippen LogP contribution in [0.25, 0.3) is 22.4 Å². The Kier molecular flexibility index (Phi) is 8.77. The van der Waals surface area contributed by atoms with Crippen LogP contribution in [0.15, 0.2) is 83.9 Å². The average molecular weight is 589 g/mol. The zero-order chi connectivity index (χ0) is 29.9. The van der Waals surface area contributed by atoms with Crippen LogP contribution in [0.3, 0.4) is 0 Å². The molecule has 220 valence electrons. The van der Waals surface area contributed by atoms with Gasteiger partial charge in [0.2, 0.25) is 10.0 Å². The number of nitrogens with one attached hydrogen (secondary N) is 2. The molecule has 3 aromatic carbocycles. The van der Waals surface area contributed by atoms with E-state index < -0.39 is 22.2 Å². The number of aliphatic hydroxyl groups is 1. The van der Waals surface area contributed by atoms with Gasteiger partial charge in [-0.2, -0.15) is 4.31 Å². The van der Waals surface area contributed by atoms with Gasteiger partial charge >= 0.3 is 6.09 Å². The topological polar surface area (TPSA) is 125 Å². The van der Waals surface area contributed by atoms with Crippen molar-refractivity contribution in [1.82, 2.24) is 19.6 Å². The highest BCUT2D eigenvalue weighted by molar-refractivity contribution is 7.89. The molecular formula is C32H36N4O5S. The first-order valence-electron chi connectivity index (χ1n) is 14.0. The van der Waals surface area contributed by atoms with Gasteiger partial charge in [-0.05, 0) is 52.8 Å². The summed E-state index contributed by atoms with van der Waals surface area (Å²) in [7, 11) is -3.90. The molecule has 10 heteroatoms. The Morgan fingerprint density at radius 3 is 2.19 bits per heavy atom. The zero-order valence-corrected chi connectivity index (χ0v) is 24.8. The second-order valence-electron chi connectivity index (χ2n) is 11.0. The number of aromatic amines is 1. The summed E-state index contributed by atoms with van der Waals surface area (Å²) in [6.45, 7) is 5.70. The molecule has 1 amide bonds. The number of aromatic nitrogens is 2. The van der Waals surface area contributed by atoms with Gasteiger partial charge in [-0.1, -0.05) is 74.5 Å². The monoisotopic (exact) mass is 588 g/mol. The van der Waals surface area contributed by atoms with Crippen LogP contribution in [-0.4, -0.2) is 66.2 Å². The van der Waals surface area contributed by atoms with E-state index in [4.69, 9.17) is 4.74 Å². The third-order valence-corrected chi connectivity index (χ3v) is 9.16. The summed E-state index contributed by atoms with van der Waals surface area (Å²) < 4.78 is 33.9. The Labute approximate surface area is 246 Å². The Morgan fingerprint density at radius 2 is 1.62 bits per heavy atom. The minimum absolute atomic E-state index is 0.0225. The number of carbonyl (C=O) groups is 1. The highest BCUT2D eigenvalue weighted by Gasteiger charge is 2.30. The molecule has 0 bridgehead atoms. The summed E-state index contributed by atoms with van der Waals surface area (Å²) in [4.78, 5) is 20.0. The Morgan fingerprint density at radius 1 is 1.00 bits per heavy atom. The molecule has 9 nitrogen and oxygen atoms in total. The van der Waals surface area contributed by atoms with Crippen LogP contribution in [0.4, 0.5) is 4.79 Å². The van der Waals surface area contributed by atoms with Crippen molar-refractivity contribution in [1.29, 1.82) is 0 Å². The van der Waals surface area contributed by atoms with Gasteiger partial charge in [0.05, 0.1) is 22.9 Å². The van der Waals surface area contributed by atoms with E-state index in [1.54, 1.807) is 30.5 Å². The van der Waals surface area contributed by atoms with E-state index in [-0.39, 0.29) is 43.0 Å². The van der Waals surface area contributed by atoms with Gasteiger partial charge in [0.25, 0.3) is 0 Å². The molecule has 1 heterocycles. The maximum absolute atomic E-state index is 13.5. The minimum Gasteiger partial charge on any atom is -0.449 e. The van der Waals surface area contributed by atoms with Crippen LogP contribution < -0.4 is 5.32 Å². The van der Waals surface area contributed by atoms with Crippen molar-refractivity contribution in [3.05, 3.63) is 95.9 Å². The van der Waals surface area contributed by atoms with Crippen molar-refractivity contribution in [3.8, 4) is 22.4 Å². The third-order valence-electron chi connectivity index (χ3n) is 7.31. The van der Waals surface area contributed by atoms with Crippen molar-refractivity contribution in [3.63, 3.8) is 0 Å². The lowest BCUT2D eigenvalue weighted by atomic mass is 9.98. The standard InChI is InChI=1S/C32H36N4O5S/c1-21(2)18-36(42(39,40)25-14-12-23(13-15-25)31-17-33-22(3)35-31)19-24(37)16-34-32(38)41-20-30-28-10-6-4-8-26(28)27-9-5-7-11-29(27)30/h4-15,17,21,24,30,37H,16,18-20H2,1-3H3,(H,33,35)(H,34,38)/t24-/m0/s1. The van der Waals surface area contributed by atoms with Crippen LogP contribution in [0, 0.1) is 12.8 Å². The molecule has 0 saturated heterocycles. The number of H-pyrrole nitrogens is 1. The zero-order valence-electron chi connectivity index (χ0n) is 23.9. The normalized spacial score (nSPS) is 13.7. The molecule has 4 aromatic rings. The number of nitrogens with zero attached hydrogens (tertiary/aromatic N) is 2. The molecule has 0 unspecified atom stereocenters. The number of alkyl carbamates (subject to hydrolysis) is 1. The molecule has 3 N–H and O–H groups in total. The van der Waals surface area contributed by atoms with Crippen molar-refractivity contribution in [2.45, 2.75) is 37.7 Å². The Bertz CT molecular complexity index is 1600. The highest BCUT2D eigenvalue weighted by Crippen LogP contribution is 2.44. The number of hydrogen-bond acceptors (Lipinski definition) is 6.